The van der Waals surface area contributed by atoms with E-state index in [9.17, 15) is 4.79 Å². The molecule has 0 fully saturated rings. The number of aryl methyl sites for hydroxylation is 1. The lowest BCUT2D eigenvalue weighted by atomic mass is 9.89. The van der Waals surface area contributed by atoms with E-state index in [1.165, 1.54) is 0 Å². The molecule has 0 unspecified atom stereocenters. The van der Waals surface area contributed by atoms with Crippen molar-refractivity contribution in [1.29, 1.82) is 0 Å². The normalized spacial score (nSPS) is 11.9. The second kappa shape index (κ2) is 6.07. The van der Waals surface area contributed by atoms with Crippen LogP contribution >= 0.6 is 0 Å². The summed E-state index contributed by atoms with van der Waals surface area (Å²) in [6.07, 6.45) is 5.89. The summed E-state index contributed by atoms with van der Waals surface area (Å²) in [7, 11) is 0. The lowest BCUT2D eigenvalue weighted by Gasteiger charge is -2.16. The van der Waals surface area contributed by atoms with Gasteiger partial charge in [-0.25, -0.2) is 4.98 Å². The van der Waals surface area contributed by atoms with Gasteiger partial charge in [-0.2, -0.15) is 0 Å². The Morgan fingerprint density at radius 2 is 1.89 bits per heavy atom. The Morgan fingerprint density at radius 1 is 1.22 bits per heavy atom. The fourth-order valence-corrected chi connectivity index (χ4v) is 1.64. The van der Waals surface area contributed by atoms with E-state index >= 15 is 0 Å². The molecule has 0 spiro atoms. The zero-order valence-electron chi connectivity index (χ0n) is 12.2. The third-order valence-electron chi connectivity index (χ3n) is 2.66. The minimum atomic E-state index is -0.00488. The maximum absolute atomic E-state index is 11.9. The van der Waals surface area contributed by atoms with Gasteiger partial charge in [-0.1, -0.05) is 34.6 Å². The third kappa shape index (κ3) is 5.39. The van der Waals surface area contributed by atoms with Gasteiger partial charge in [0.2, 0.25) is 0 Å². The molecule has 0 amide bonds. The number of rotatable bonds is 5. The average Bonchev–Trinajstić information content (AvgIpc) is 2.24. The van der Waals surface area contributed by atoms with Crippen molar-refractivity contribution in [2.45, 2.75) is 53.9 Å². The van der Waals surface area contributed by atoms with Crippen LogP contribution in [-0.4, -0.2) is 15.8 Å². The highest BCUT2D eigenvalue weighted by atomic mass is 16.1. The molecule has 1 aromatic heterocycles. The van der Waals surface area contributed by atoms with Crippen molar-refractivity contribution in [3.63, 3.8) is 0 Å². The molecular formula is C15H24N2O. The molecule has 18 heavy (non-hydrogen) atoms. The van der Waals surface area contributed by atoms with Crippen molar-refractivity contribution in [1.82, 2.24) is 9.97 Å². The molecule has 100 valence electrons. The Bertz CT molecular complexity index is 388. The fourth-order valence-electron chi connectivity index (χ4n) is 1.64. The van der Waals surface area contributed by atoms with Gasteiger partial charge in [0.05, 0.1) is 11.9 Å². The molecule has 0 aromatic carbocycles. The van der Waals surface area contributed by atoms with Crippen LogP contribution in [-0.2, 0) is 6.42 Å². The van der Waals surface area contributed by atoms with Gasteiger partial charge in [-0.15, -0.1) is 0 Å². The van der Waals surface area contributed by atoms with Crippen molar-refractivity contribution < 1.29 is 4.79 Å². The maximum atomic E-state index is 11.9. The van der Waals surface area contributed by atoms with Crippen molar-refractivity contribution >= 4 is 5.78 Å². The topological polar surface area (TPSA) is 42.9 Å². The number of hydrogen-bond donors (Lipinski definition) is 0. The minimum Gasteiger partial charge on any atom is -0.292 e. The summed E-state index contributed by atoms with van der Waals surface area (Å²) in [4.78, 5) is 20.5. The predicted octanol–water partition coefficient (Wildman–Crippen LogP) is 3.68. The summed E-state index contributed by atoms with van der Waals surface area (Å²) in [5.74, 6) is 0.736. The second-order valence-electron chi connectivity index (χ2n) is 6.49. The fraction of sp³-hybridized carbons (Fsp3) is 0.667. The molecule has 0 saturated carbocycles. The molecule has 1 heterocycles. The average molecular weight is 248 g/mol. The monoisotopic (exact) mass is 248 g/mol. The Hall–Kier alpha value is -1.25. The Morgan fingerprint density at radius 3 is 2.33 bits per heavy atom. The van der Waals surface area contributed by atoms with E-state index in [0.29, 0.717) is 18.0 Å². The molecule has 0 atom stereocenters. The van der Waals surface area contributed by atoms with E-state index in [2.05, 4.69) is 44.6 Å². The third-order valence-corrected chi connectivity index (χ3v) is 2.66. The highest BCUT2D eigenvalue weighted by Crippen LogP contribution is 2.20. The van der Waals surface area contributed by atoms with Gasteiger partial charge in [0, 0.05) is 12.6 Å². The molecule has 3 heteroatoms. The molecule has 0 aliphatic carbocycles. The van der Waals surface area contributed by atoms with Crippen LogP contribution in [0.1, 0.15) is 63.6 Å². The summed E-state index contributed by atoms with van der Waals surface area (Å²) in [6.45, 7) is 10.5. The predicted molar refractivity (Wildman–Crippen MR) is 73.6 cm³/mol. The number of aromatic nitrogens is 2. The second-order valence-corrected chi connectivity index (χ2v) is 6.49. The van der Waals surface area contributed by atoms with Crippen LogP contribution in [0.15, 0.2) is 12.4 Å². The van der Waals surface area contributed by atoms with Gasteiger partial charge in [0.25, 0.3) is 0 Å². The van der Waals surface area contributed by atoms with E-state index in [0.717, 1.165) is 18.5 Å². The van der Waals surface area contributed by atoms with Gasteiger partial charge < -0.3 is 0 Å². The number of Topliss-reactive ketones (excluding diaryl/α,β-unsaturated/α-hetero) is 1. The first kappa shape index (κ1) is 14.8. The number of ketones is 1. The van der Waals surface area contributed by atoms with E-state index < -0.39 is 0 Å². The molecule has 0 saturated heterocycles. The van der Waals surface area contributed by atoms with Crippen molar-refractivity contribution in [2.24, 2.45) is 11.3 Å². The van der Waals surface area contributed by atoms with Gasteiger partial charge >= 0.3 is 0 Å². The summed E-state index contributed by atoms with van der Waals surface area (Å²) >= 11 is 0. The SMILES string of the molecule is CC(C)CCc1cnc(C(=O)CC(C)(C)C)cn1. The van der Waals surface area contributed by atoms with Gasteiger partial charge in [0.15, 0.2) is 5.78 Å². The number of hydrogen-bond acceptors (Lipinski definition) is 3. The largest absolute Gasteiger partial charge is 0.292 e. The standard InChI is InChI=1S/C15H24N2O/c1-11(2)6-7-12-9-17-13(10-16-12)14(18)8-15(3,4)5/h9-11H,6-8H2,1-5H3. The molecule has 0 aliphatic rings. The van der Waals surface area contributed by atoms with Crippen LogP contribution in [0.2, 0.25) is 0 Å². The molecule has 0 bridgehead atoms. The molecule has 0 aliphatic heterocycles. The smallest absolute Gasteiger partial charge is 0.183 e. The highest BCUT2D eigenvalue weighted by Gasteiger charge is 2.18. The van der Waals surface area contributed by atoms with Gasteiger partial charge in [-0.3, -0.25) is 9.78 Å². The van der Waals surface area contributed by atoms with Crippen LogP contribution in [0.25, 0.3) is 0 Å². The highest BCUT2D eigenvalue weighted by molar-refractivity contribution is 5.94. The van der Waals surface area contributed by atoms with E-state index in [1.54, 1.807) is 12.4 Å². The summed E-state index contributed by atoms with van der Waals surface area (Å²) in [6, 6.07) is 0. The Balaban J connectivity index is 2.62. The first-order chi connectivity index (χ1) is 8.28. The van der Waals surface area contributed by atoms with Crippen molar-refractivity contribution in [2.75, 3.05) is 0 Å². The minimum absolute atomic E-state index is 0.00488. The summed E-state index contributed by atoms with van der Waals surface area (Å²) in [5.41, 5.74) is 1.45. The molecule has 3 nitrogen and oxygen atoms in total. The quantitative estimate of drug-likeness (QED) is 0.746. The molecule has 0 radical (unpaired) electrons. The number of carbonyl (C=O) groups is 1. The maximum Gasteiger partial charge on any atom is 0.183 e. The molecule has 1 aromatic rings. The van der Waals surface area contributed by atoms with Crippen LogP contribution in [0.5, 0.6) is 0 Å². The van der Waals surface area contributed by atoms with Crippen molar-refractivity contribution in [3.8, 4) is 0 Å². The van der Waals surface area contributed by atoms with E-state index in [4.69, 9.17) is 0 Å². The first-order valence-corrected chi connectivity index (χ1v) is 6.62. The van der Waals surface area contributed by atoms with Gasteiger partial charge in [-0.05, 0) is 24.2 Å². The van der Waals surface area contributed by atoms with Gasteiger partial charge in [0.1, 0.15) is 5.69 Å². The Kier molecular flexibility index (Phi) is 5.00. The zero-order valence-corrected chi connectivity index (χ0v) is 12.2. The van der Waals surface area contributed by atoms with Crippen molar-refractivity contribution in [3.05, 3.63) is 23.8 Å². The zero-order chi connectivity index (χ0) is 13.8. The first-order valence-electron chi connectivity index (χ1n) is 6.62. The van der Waals surface area contributed by atoms with Crippen LogP contribution in [0, 0.1) is 11.3 Å². The Labute approximate surface area is 110 Å². The molecule has 1 rings (SSSR count). The van der Waals surface area contributed by atoms with Crippen LogP contribution in [0.3, 0.4) is 0 Å². The van der Waals surface area contributed by atoms with Crippen LogP contribution < -0.4 is 0 Å². The number of nitrogens with zero attached hydrogens (tertiary/aromatic N) is 2. The molecule has 0 N–H and O–H groups in total. The summed E-state index contributed by atoms with van der Waals surface area (Å²) < 4.78 is 0. The lowest BCUT2D eigenvalue weighted by Crippen LogP contribution is -2.14. The lowest BCUT2D eigenvalue weighted by molar-refractivity contribution is 0.0934. The molecular weight excluding hydrogens is 224 g/mol. The van der Waals surface area contributed by atoms with Crippen LogP contribution in [0.4, 0.5) is 0 Å². The summed E-state index contributed by atoms with van der Waals surface area (Å²) in [5, 5.41) is 0. The van der Waals surface area contributed by atoms with E-state index in [1.807, 2.05) is 0 Å². The van der Waals surface area contributed by atoms with E-state index in [-0.39, 0.29) is 11.2 Å². The number of carbonyl (C=O) groups excluding carboxylic acids is 1.